The topological polar surface area (TPSA) is 62.7 Å². The summed E-state index contributed by atoms with van der Waals surface area (Å²) in [5.74, 6) is 2.24. The lowest BCUT2D eigenvalue weighted by molar-refractivity contribution is 0.409. The van der Waals surface area contributed by atoms with E-state index in [0.29, 0.717) is 12.3 Å². The number of nitrogens with zero attached hydrogens (tertiary/aromatic N) is 1. The Morgan fingerprint density at radius 1 is 1.25 bits per heavy atom. The standard InChI is InChI=1S/C18H31N3O2S/c1-6-19-17(21-13-14-24(22)18(2,3)4)20-12-11-15-9-7-8-10-16(15)23-5/h7-10H,6,11-14H2,1-5H3,(H2,19,20,21). The van der Waals surface area contributed by atoms with E-state index in [1.807, 2.05) is 45.9 Å². The van der Waals surface area contributed by atoms with Gasteiger partial charge in [0.1, 0.15) is 5.75 Å². The van der Waals surface area contributed by atoms with Crippen LogP contribution >= 0.6 is 0 Å². The van der Waals surface area contributed by atoms with E-state index in [2.05, 4.69) is 21.7 Å². The number of para-hydroxylation sites is 1. The number of benzene rings is 1. The highest BCUT2D eigenvalue weighted by Gasteiger charge is 2.18. The molecule has 1 aromatic carbocycles. The highest BCUT2D eigenvalue weighted by molar-refractivity contribution is 7.86. The van der Waals surface area contributed by atoms with Gasteiger partial charge in [-0.1, -0.05) is 18.2 Å². The van der Waals surface area contributed by atoms with Crippen molar-refractivity contribution in [2.75, 3.05) is 32.5 Å². The molecule has 0 spiro atoms. The molecule has 6 heteroatoms. The zero-order chi connectivity index (χ0) is 18.0. The zero-order valence-corrected chi connectivity index (χ0v) is 16.3. The fourth-order valence-corrected chi connectivity index (χ4v) is 2.98. The van der Waals surface area contributed by atoms with Gasteiger partial charge in [-0.3, -0.25) is 9.20 Å². The van der Waals surface area contributed by atoms with Crippen molar-refractivity contribution < 1.29 is 8.95 Å². The number of nitrogens with one attached hydrogen (secondary N) is 2. The minimum atomic E-state index is -0.877. The first-order chi connectivity index (χ1) is 11.4. The molecule has 0 aliphatic carbocycles. The van der Waals surface area contributed by atoms with E-state index in [-0.39, 0.29) is 4.75 Å². The molecule has 1 unspecified atom stereocenters. The Morgan fingerprint density at radius 2 is 1.96 bits per heavy atom. The number of ether oxygens (including phenoxy) is 1. The molecule has 2 N–H and O–H groups in total. The third kappa shape index (κ3) is 7.34. The molecule has 1 rings (SSSR count). The molecule has 0 aliphatic heterocycles. The molecule has 0 aromatic heterocycles. The number of methoxy groups -OCH3 is 1. The van der Waals surface area contributed by atoms with Gasteiger partial charge in [0.25, 0.3) is 0 Å². The smallest absolute Gasteiger partial charge is 0.191 e. The van der Waals surface area contributed by atoms with Crippen LogP contribution in [-0.4, -0.2) is 47.4 Å². The molecule has 0 fully saturated rings. The summed E-state index contributed by atoms with van der Waals surface area (Å²) < 4.78 is 17.2. The van der Waals surface area contributed by atoms with Crippen LogP contribution in [0.15, 0.2) is 29.3 Å². The molecule has 1 atom stereocenters. The van der Waals surface area contributed by atoms with Gasteiger partial charge in [0.2, 0.25) is 0 Å². The van der Waals surface area contributed by atoms with Crippen LogP contribution in [0.5, 0.6) is 5.75 Å². The predicted octanol–water partition coefficient (Wildman–Crippen LogP) is 2.34. The van der Waals surface area contributed by atoms with Gasteiger partial charge in [0, 0.05) is 34.4 Å². The summed E-state index contributed by atoms with van der Waals surface area (Å²) in [6.45, 7) is 10.1. The first kappa shape index (κ1) is 20.5. The molecule has 0 radical (unpaired) electrons. The molecule has 0 amide bonds. The van der Waals surface area contributed by atoms with Crippen molar-refractivity contribution in [1.29, 1.82) is 0 Å². The molecule has 1 aromatic rings. The van der Waals surface area contributed by atoms with Crippen LogP contribution in [-0.2, 0) is 17.2 Å². The Kier molecular flexibility index (Phi) is 8.82. The van der Waals surface area contributed by atoms with Crippen molar-refractivity contribution in [2.45, 2.75) is 38.9 Å². The monoisotopic (exact) mass is 353 g/mol. The molecule has 24 heavy (non-hydrogen) atoms. The third-order valence-electron chi connectivity index (χ3n) is 3.45. The third-order valence-corrected chi connectivity index (χ3v) is 5.37. The van der Waals surface area contributed by atoms with Gasteiger partial charge in [-0.15, -0.1) is 0 Å². The molecule has 0 aliphatic rings. The predicted molar refractivity (Wildman–Crippen MR) is 103 cm³/mol. The van der Waals surface area contributed by atoms with Gasteiger partial charge in [-0.05, 0) is 45.7 Å². The van der Waals surface area contributed by atoms with Crippen molar-refractivity contribution in [3.63, 3.8) is 0 Å². The van der Waals surface area contributed by atoms with Crippen LogP contribution in [0.25, 0.3) is 0 Å². The lowest BCUT2D eigenvalue weighted by Gasteiger charge is -2.17. The van der Waals surface area contributed by atoms with E-state index in [1.165, 1.54) is 0 Å². The number of aliphatic imine (C=N–C) groups is 1. The van der Waals surface area contributed by atoms with Crippen molar-refractivity contribution >= 4 is 16.8 Å². The summed E-state index contributed by atoms with van der Waals surface area (Å²) >= 11 is 0. The Morgan fingerprint density at radius 3 is 2.58 bits per heavy atom. The van der Waals surface area contributed by atoms with Crippen molar-refractivity contribution in [2.24, 2.45) is 4.99 Å². The van der Waals surface area contributed by atoms with Crippen LogP contribution in [0.4, 0.5) is 0 Å². The Balaban J connectivity index is 2.51. The molecule has 0 saturated carbocycles. The summed E-state index contributed by atoms with van der Waals surface area (Å²) in [7, 11) is 0.811. The SMILES string of the molecule is CCNC(=NCCS(=O)C(C)(C)C)NCCc1ccccc1OC. The highest BCUT2D eigenvalue weighted by Crippen LogP contribution is 2.17. The van der Waals surface area contributed by atoms with Crippen LogP contribution in [0.2, 0.25) is 0 Å². The van der Waals surface area contributed by atoms with Crippen LogP contribution in [0, 0.1) is 0 Å². The molecule has 0 bridgehead atoms. The second-order valence-corrected chi connectivity index (χ2v) is 8.74. The second-order valence-electron chi connectivity index (χ2n) is 6.41. The summed E-state index contributed by atoms with van der Waals surface area (Å²) in [6, 6.07) is 8.02. The number of hydrogen-bond acceptors (Lipinski definition) is 3. The maximum absolute atomic E-state index is 12.1. The van der Waals surface area contributed by atoms with Crippen LogP contribution in [0.1, 0.15) is 33.3 Å². The molecule has 0 heterocycles. The Bertz CT molecular complexity index is 553. The van der Waals surface area contributed by atoms with Gasteiger partial charge in [-0.2, -0.15) is 0 Å². The van der Waals surface area contributed by atoms with Gasteiger partial charge in [0.05, 0.1) is 13.7 Å². The maximum Gasteiger partial charge on any atom is 0.191 e. The quantitative estimate of drug-likeness (QED) is 0.556. The number of guanidine groups is 1. The largest absolute Gasteiger partial charge is 0.496 e. The van der Waals surface area contributed by atoms with Gasteiger partial charge in [0.15, 0.2) is 5.96 Å². The highest BCUT2D eigenvalue weighted by atomic mass is 32.2. The lowest BCUT2D eigenvalue weighted by atomic mass is 10.1. The van der Waals surface area contributed by atoms with Gasteiger partial charge < -0.3 is 15.4 Å². The molecular formula is C18H31N3O2S. The molecular weight excluding hydrogens is 322 g/mol. The fourth-order valence-electron chi connectivity index (χ4n) is 2.11. The van der Waals surface area contributed by atoms with Gasteiger partial charge in [-0.25, -0.2) is 0 Å². The van der Waals surface area contributed by atoms with Crippen LogP contribution in [0.3, 0.4) is 0 Å². The van der Waals surface area contributed by atoms with Crippen molar-refractivity contribution in [1.82, 2.24) is 10.6 Å². The van der Waals surface area contributed by atoms with Crippen LogP contribution < -0.4 is 15.4 Å². The van der Waals surface area contributed by atoms with Gasteiger partial charge >= 0.3 is 0 Å². The van der Waals surface area contributed by atoms with E-state index < -0.39 is 10.8 Å². The Hall–Kier alpha value is -1.56. The average Bonchev–Trinajstić information content (AvgIpc) is 2.54. The number of hydrogen-bond donors (Lipinski definition) is 2. The van der Waals surface area contributed by atoms with E-state index in [9.17, 15) is 4.21 Å². The summed E-state index contributed by atoms with van der Waals surface area (Å²) in [4.78, 5) is 4.51. The Labute approximate surface area is 148 Å². The minimum absolute atomic E-state index is 0.189. The van der Waals surface area contributed by atoms with Crippen molar-refractivity contribution in [3.8, 4) is 5.75 Å². The normalized spacial score (nSPS) is 13.5. The average molecular weight is 354 g/mol. The van der Waals surface area contributed by atoms with E-state index in [1.54, 1.807) is 7.11 Å². The first-order valence-corrected chi connectivity index (χ1v) is 9.73. The lowest BCUT2D eigenvalue weighted by Crippen LogP contribution is -2.38. The summed E-state index contributed by atoms with van der Waals surface area (Å²) in [6.07, 6.45) is 0.850. The molecule has 5 nitrogen and oxygen atoms in total. The first-order valence-electron chi connectivity index (χ1n) is 8.41. The zero-order valence-electron chi connectivity index (χ0n) is 15.5. The van der Waals surface area contributed by atoms with E-state index in [4.69, 9.17) is 4.74 Å². The van der Waals surface area contributed by atoms with Crippen molar-refractivity contribution in [3.05, 3.63) is 29.8 Å². The summed E-state index contributed by atoms with van der Waals surface area (Å²) in [5, 5.41) is 6.54. The fraction of sp³-hybridized carbons (Fsp3) is 0.611. The molecule has 136 valence electrons. The number of rotatable bonds is 8. The molecule has 0 saturated heterocycles. The van der Waals surface area contributed by atoms with E-state index >= 15 is 0 Å². The second kappa shape index (κ2) is 10.3. The summed E-state index contributed by atoms with van der Waals surface area (Å²) in [5.41, 5.74) is 1.16. The van der Waals surface area contributed by atoms with E-state index in [0.717, 1.165) is 36.8 Å². The minimum Gasteiger partial charge on any atom is -0.496 e. The maximum atomic E-state index is 12.1.